The average Bonchev–Trinajstić information content (AvgIpc) is 2.55. The third kappa shape index (κ3) is 4.25. The first-order valence-corrected chi connectivity index (χ1v) is 9.00. The van der Waals surface area contributed by atoms with Gasteiger partial charge < -0.3 is 9.64 Å². The highest BCUT2D eigenvalue weighted by Crippen LogP contribution is 2.19. The van der Waals surface area contributed by atoms with Gasteiger partial charge in [0.15, 0.2) is 10.6 Å². The van der Waals surface area contributed by atoms with Gasteiger partial charge in [-0.1, -0.05) is 0 Å². The Morgan fingerprint density at radius 3 is 2.61 bits per heavy atom. The molecule has 0 N–H and O–H groups in total. The summed E-state index contributed by atoms with van der Waals surface area (Å²) in [6, 6.07) is 7.46. The Hall–Kier alpha value is -1.57. The molecule has 1 aliphatic heterocycles. The van der Waals surface area contributed by atoms with E-state index in [1.54, 1.807) is 6.07 Å². The third-order valence-electron chi connectivity index (χ3n) is 3.49. The zero-order valence-corrected chi connectivity index (χ0v) is 13.9. The molecule has 23 heavy (non-hydrogen) atoms. The molecular formula is C15H16ClFN3O2S+. The lowest BCUT2D eigenvalue weighted by Gasteiger charge is -2.27. The first-order valence-electron chi connectivity index (χ1n) is 7.18. The molecule has 1 aromatic carbocycles. The van der Waals surface area contributed by atoms with E-state index in [9.17, 15) is 8.60 Å². The Morgan fingerprint density at radius 1 is 1.22 bits per heavy atom. The van der Waals surface area contributed by atoms with Crippen LogP contribution in [-0.2, 0) is 25.5 Å². The highest BCUT2D eigenvalue weighted by molar-refractivity contribution is 7.84. The van der Waals surface area contributed by atoms with Gasteiger partial charge in [-0.15, -0.1) is 4.21 Å². The van der Waals surface area contributed by atoms with Gasteiger partial charge >= 0.3 is 0 Å². The molecule has 1 aromatic heterocycles. The van der Waals surface area contributed by atoms with E-state index >= 15 is 0 Å². The summed E-state index contributed by atoms with van der Waals surface area (Å²) in [5.41, 5.74) is 0.608. The van der Waals surface area contributed by atoms with Crippen molar-refractivity contribution in [3.05, 3.63) is 47.1 Å². The van der Waals surface area contributed by atoms with Crippen molar-refractivity contribution in [1.29, 1.82) is 0 Å². The summed E-state index contributed by atoms with van der Waals surface area (Å²) in [4.78, 5) is 11.0. The SMILES string of the molecule is O=[SH+](Cc1cc(N2CCOCC2)nc(Cl)n1)c1ccc(F)cc1. The standard InChI is InChI=1S/C15H15ClFN3O2S/c16-15-18-12(9-14(19-15)20-5-7-22-8-6-20)10-23(21)13-3-1-11(17)2-4-13/h1-4,9H,5-8,10H2/p+1. The number of halogens is 2. The summed E-state index contributed by atoms with van der Waals surface area (Å²) in [6.45, 7) is 2.75. The molecule has 1 saturated heterocycles. The van der Waals surface area contributed by atoms with Crippen LogP contribution in [0.2, 0.25) is 5.28 Å². The number of thiol groups is 1. The van der Waals surface area contributed by atoms with Gasteiger partial charge in [-0.3, -0.25) is 0 Å². The van der Waals surface area contributed by atoms with Crippen molar-refractivity contribution in [2.75, 3.05) is 31.2 Å². The monoisotopic (exact) mass is 356 g/mol. The lowest BCUT2D eigenvalue weighted by atomic mass is 10.3. The van der Waals surface area contributed by atoms with Crippen LogP contribution in [0, 0.1) is 5.82 Å². The summed E-state index contributed by atoms with van der Waals surface area (Å²) in [6.07, 6.45) is 0. The second kappa shape index (κ2) is 7.33. The summed E-state index contributed by atoms with van der Waals surface area (Å²) < 4.78 is 30.7. The van der Waals surface area contributed by atoms with E-state index in [1.807, 2.05) is 0 Å². The highest BCUT2D eigenvalue weighted by atomic mass is 35.5. The van der Waals surface area contributed by atoms with Crippen LogP contribution in [0.4, 0.5) is 10.2 Å². The Kier molecular flexibility index (Phi) is 5.20. The van der Waals surface area contributed by atoms with Crippen LogP contribution in [0.1, 0.15) is 5.69 Å². The molecule has 0 saturated carbocycles. The third-order valence-corrected chi connectivity index (χ3v) is 5.15. The number of aromatic nitrogens is 2. The van der Waals surface area contributed by atoms with Crippen LogP contribution < -0.4 is 4.90 Å². The maximum atomic E-state index is 12.9. The molecule has 2 aromatic rings. The summed E-state index contributed by atoms with van der Waals surface area (Å²) in [5.74, 6) is 0.600. The molecule has 0 aliphatic carbocycles. The lowest BCUT2D eigenvalue weighted by molar-refractivity contribution is 0.122. The van der Waals surface area contributed by atoms with Gasteiger partial charge in [0, 0.05) is 19.2 Å². The maximum Gasteiger partial charge on any atom is 0.224 e. The predicted molar refractivity (Wildman–Crippen MR) is 87.9 cm³/mol. The molecule has 1 atom stereocenters. The smallest absolute Gasteiger partial charge is 0.224 e. The number of ether oxygens (including phenoxy) is 1. The molecule has 122 valence electrons. The molecule has 8 heteroatoms. The van der Waals surface area contributed by atoms with Crippen LogP contribution in [0.25, 0.3) is 0 Å². The summed E-state index contributed by atoms with van der Waals surface area (Å²) in [7, 11) is -1.72. The minimum atomic E-state index is -1.72. The van der Waals surface area contributed by atoms with Gasteiger partial charge in [0.05, 0.1) is 18.9 Å². The van der Waals surface area contributed by atoms with Crippen LogP contribution in [0.15, 0.2) is 35.2 Å². The van der Waals surface area contributed by atoms with Crippen molar-refractivity contribution in [2.24, 2.45) is 0 Å². The number of hydrogen-bond acceptors (Lipinski definition) is 5. The number of nitrogens with zero attached hydrogens (tertiary/aromatic N) is 3. The van der Waals surface area contributed by atoms with Crippen LogP contribution in [0.5, 0.6) is 0 Å². The van der Waals surface area contributed by atoms with Crippen molar-refractivity contribution >= 4 is 28.2 Å². The number of morpholine rings is 1. The first kappa shape index (κ1) is 16.3. The molecule has 0 amide bonds. The minimum Gasteiger partial charge on any atom is -0.378 e. The second-order valence-electron chi connectivity index (χ2n) is 5.10. The second-order valence-corrected chi connectivity index (χ2v) is 7.03. The minimum absolute atomic E-state index is 0.131. The van der Waals surface area contributed by atoms with Crippen molar-refractivity contribution in [3.8, 4) is 0 Å². The van der Waals surface area contributed by atoms with Crippen molar-refractivity contribution in [3.63, 3.8) is 0 Å². The van der Waals surface area contributed by atoms with E-state index < -0.39 is 10.8 Å². The molecule has 1 unspecified atom stereocenters. The topological polar surface area (TPSA) is 55.3 Å². The van der Waals surface area contributed by atoms with Crippen molar-refractivity contribution < 1.29 is 13.3 Å². The fourth-order valence-corrected chi connectivity index (χ4v) is 3.65. The molecule has 2 heterocycles. The van der Waals surface area contributed by atoms with Gasteiger partial charge in [-0.2, -0.15) is 0 Å². The van der Waals surface area contributed by atoms with E-state index in [4.69, 9.17) is 16.3 Å². The molecule has 1 fully saturated rings. The maximum absolute atomic E-state index is 12.9. The molecule has 1 aliphatic rings. The number of hydrogen-bond donors (Lipinski definition) is 0. The quantitative estimate of drug-likeness (QED) is 0.478. The summed E-state index contributed by atoms with van der Waals surface area (Å²) >= 11 is 5.99. The van der Waals surface area contributed by atoms with Gasteiger partial charge in [-0.05, 0) is 35.9 Å². The van der Waals surface area contributed by atoms with Crippen molar-refractivity contribution in [1.82, 2.24) is 9.97 Å². The Bertz CT molecular complexity index is 708. The van der Waals surface area contributed by atoms with Gasteiger partial charge in [-0.25, -0.2) is 14.4 Å². The van der Waals surface area contributed by atoms with E-state index in [0.29, 0.717) is 29.6 Å². The summed E-state index contributed by atoms with van der Waals surface area (Å²) in [5, 5.41) is 0.131. The van der Waals surface area contributed by atoms with Crippen LogP contribution >= 0.6 is 11.6 Å². The molecule has 0 bridgehead atoms. The molecule has 3 rings (SSSR count). The zero-order chi connectivity index (χ0) is 16.2. The van der Waals surface area contributed by atoms with Gasteiger partial charge in [0.1, 0.15) is 22.4 Å². The number of anilines is 1. The first-order chi connectivity index (χ1) is 11.1. The molecular weight excluding hydrogens is 341 g/mol. The molecule has 5 nitrogen and oxygen atoms in total. The fraction of sp³-hybridized carbons (Fsp3) is 0.333. The number of rotatable bonds is 4. The Balaban J connectivity index is 1.78. The predicted octanol–water partition coefficient (Wildman–Crippen LogP) is 2.36. The molecule has 0 radical (unpaired) electrons. The Labute approximate surface area is 140 Å². The molecule has 0 spiro atoms. The van der Waals surface area contributed by atoms with E-state index in [-0.39, 0.29) is 16.9 Å². The largest absolute Gasteiger partial charge is 0.378 e. The zero-order valence-electron chi connectivity index (χ0n) is 12.3. The van der Waals surface area contributed by atoms with E-state index in [1.165, 1.54) is 24.3 Å². The fourth-order valence-electron chi connectivity index (χ4n) is 2.33. The van der Waals surface area contributed by atoms with E-state index in [0.717, 1.165) is 13.1 Å². The Morgan fingerprint density at radius 2 is 1.91 bits per heavy atom. The average molecular weight is 357 g/mol. The van der Waals surface area contributed by atoms with Crippen molar-refractivity contribution in [2.45, 2.75) is 10.6 Å². The lowest BCUT2D eigenvalue weighted by Crippen LogP contribution is -2.36. The number of benzene rings is 1. The normalized spacial score (nSPS) is 16.3. The van der Waals surface area contributed by atoms with Crippen LogP contribution in [0.3, 0.4) is 0 Å². The highest BCUT2D eigenvalue weighted by Gasteiger charge is 2.18. The van der Waals surface area contributed by atoms with Crippen LogP contribution in [-0.4, -0.2) is 36.3 Å². The van der Waals surface area contributed by atoms with Gasteiger partial charge in [0.25, 0.3) is 0 Å². The van der Waals surface area contributed by atoms with Gasteiger partial charge in [0.2, 0.25) is 5.28 Å². The van der Waals surface area contributed by atoms with E-state index in [2.05, 4.69) is 14.9 Å².